The molecule has 0 bridgehead atoms. The Labute approximate surface area is 167 Å². The van der Waals surface area contributed by atoms with Crippen LogP contribution in [-0.4, -0.2) is 40.8 Å². The number of aromatic amines is 1. The highest BCUT2D eigenvalue weighted by atomic mass is 127. The predicted octanol–water partition coefficient (Wildman–Crippen LogP) is 3.38. The van der Waals surface area contributed by atoms with Crippen LogP contribution in [-0.2, 0) is 9.47 Å². The van der Waals surface area contributed by atoms with Crippen molar-refractivity contribution in [3.8, 4) is 0 Å². The van der Waals surface area contributed by atoms with Crippen LogP contribution in [0.2, 0.25) is 0 Å². The van der Waals surface area contributed by atoms with Crippen molar-refractivity contribution in [1.29, 1.82) is 0 Å². The lowest BCUT2D eigenvalue weighted by molar-refractivity contribution is 0.0379. The largest absolute Gasteiger partial charge is 0.462 e. The van der Waals surface area contributed by atoms with E-state index < -0.39 is 17.8 Å². The first-order chi connectivity index (χ1) is 12.3. The number of rotatable bonds is 6. The molecule has 0 aliphatic rings. The summed E-state index contributed by atoms with van der Waals surface area (Å²) in [6.07, 6.45) is 1.16. The first kappa shape index (κ1) is 20.4. The lowest BCUT2D eigenvalue weighted by atomic mass is 10.1. The van der Waals surface area contributed by atoms with Gasteiger partial charge in [0, 0.05) is 0 Å². The Bertz CT molecular complexity index is 843. The second-order valence-corrected chi connectivity index (χ2v) is 7.66. The molecule has 8 nitrogen and oxygen atoms in total. The minimum absolute atomic E-state index is 0.148. The number of hydrogen-bond donors (Lipinski definition) is 2. The predicted molar refractivity (Wildman–Crippen MR) is 105 cm³/mol. The molecule has 2 rings (SSSR count). The van der Waals surface area contributed by atoms with Crippen LogP contribution in [0.5, 0.6) is 0 Å². The van der Waals surface area contributed by atoms with Crippen molar-refractivity contribution < 1.29 is 23.9 Å². The van der Waals surface area contributed by atoms with Crippen LogP contribution in [0, 0.1) is 10.5 Å². The van der Waals surface area contributed by atoms with E-state index in [1.54, 1.807) is 27.7 Å². The zero-order chi connectivity index (χ0) is 19.4. The number of thiophene rings is 1. The summed E-state index contributed by atoms with van der Waals surface area (Å²) in [6.45, 7) is 6.96. The van der Waals surface area contributed by atoms with E-state index in [1.165, 1.54) is 6.20 Å². The average Bonchev–Trinajstić information content (AvgIpc) is 3.10. The monoisotopic (exact) mass is 491 g/mol. The zero-order valence-corrected chi connectivity index (χ0v) is 17.6. The first-order valence-electron chi connectivity index (χ1n) is 7.77. The minimum atomic E-state index is -0.612. The summed E-state index contributed by atoms with van der Waals surface area (Å²) in [4.78, 5) is 37.3. The Morgan fingerprint density at radius 1 is 1.35 bits per heavy atom. The molecule has 26 heavy (non-hydrogen) atoms. The van der Waals surface area contributed by atoms with Gasteiger partial charge in [-0.2, -0.15) is 5.10 Å². The van der Waals surface area contributed by atoms with Crippen LogP contribution in [0.3, 0.4) is 0 Å². The fraction of sp³-hybridized carbons (Fsp3) is 0.375. The number of H-pyrrole nitrogens is 1. The number of aromatic nitrogens is 2. The summed E-state index contributed by atoms with van der Waals surface area (Å²) in [5.74, 6) is -1.63. The molecular formula is C16H18IN3O5S. The van der Waals surface area contributed by atoms with Crippen molar-refractivity contribution >= 4 is 56.8 Å². The van der Waals surface area contributed by atoms with Crippen molar-refractivity contribution in [3.63, 3.8) is 0 Å². The molecule has 2 N–H and O–H groups in total. The molecule has 140 valence electrons. The zero-order valence-electron chi connectivity index (χ0n) is 14.6. The number of amides is 1. The molecule has 0 fully saturated rings. The van der Waals surface area contributed by atoms with Crippen molar-refractivity contribution in [1.82, 2.24) is 10.2 Å². The van der Waals surface area contributed by atoms with E-state index in [2.05, 4.69) is 15.5 Å². The molecule has 2 aromatic rings. The molecule has 0 aromatic carbocycles. The molecular weight excluding hydrogens is 473 g/mol. The molecule has 0 unspecified atom stereocenters. The molecule has 2 aromatic heterocycles. The molecule has 0 aliphatic heterocycles. The fourth-order valence-corrected chi connectivity index (χ4v) is 3.70. The highest BCUT2D eigenvalue weighted by Gasteiger charge is 2.28. The van der Waals surface area contributed by atoms with Gasteiger partial charge in [-0.1, -0.05) is 0 Å². The van der Waals surface area contributed by atoms with E-state index in [4.69, 9.17) is 9.47 Å². The first-order valence-corrected chi connectivity index (χ1v) is 9.67. The number of nitrogens with one attached hydrogen (secondary N) is 2. The van der Waals surface area contributed by atoms with Gasteiger partial charge in [0.05, 0.1) is 28.0 Å². The quantitative estimate of drug-likeness (QED) is 0.474. The van der Waals surface area contributed by atoms with Crippen molar-refractivity contribution in [2.24, 2.45) is 0 Å². The SMILES string of the molecule is CCOC(=O)c1sc(NC(=O)c2[nH]ncc2I)c(C(=O)OC(C)C)c1C. The molecule has 0 saturated heterocycles. The van der Waals surface area contributed by atoms with Gasteiger partial charge < -0.3 is 14.8 Å². The minimum Gasteiger partial charge on any atom is -0.462 e. The Hall–Kier alpha value is -1.95. The van der Waals surface area contributed by atoms with E-state index in [1.807, 2.05) is 22.6 Å². The Kier molecular flexibility index (Phi) is 6.75. The molecule has 1 amide bonds. The van der Waals surface area contributed by atoms with Crippen molar-refractivity contribution in [3.05, 3.63) is 31.5 Å². The number of anilines is 1. The molecule has 2 heterocycles. The molecule has 0 saturated carbocycles. The number of halogens is 1. The maximum absolute atomic E-state index is 12.5. The highest BCUT2D eigenvalue weighted by Crippen LogP contribution is 2.35. The molecule has 0 radical (unpaired) electrons. The van der Waals surface area contributed by atoms with E-state index >= 15 is 0 Å². The summed E-state index contributed by atoms with van der Waals surface area (Å²) in [7, 11) is 0. The van der Waals surface area contributed by atoms with Crippen LogP contribution in [0.1, 0.15) is 56.9 Å². The third kappa shape index (κ3) is 4.41. The third-order valence-electron chi connectivity index (χ3n) is 3.20. The number of nitrogens with zero attached hydrogens (tertiary/aromatic N) is 1. The number of esters is 2. The van der Waals surface area contributed by atoms with Crippen LogP contribution < -0.4 is 5.32 Å². The Morgan fingerprint density at radius 3 is 2.58 bits per heavy atom. The molecule has 0 aliphatic carbocycles. The maximum Gasteiger partial charge on any atom is 0.348 e. The normalized spacial score (nSPS) is 10.7. The van der Waals surface area contributed by atoms with Gasteiger partial charge in [-0.15, -0.1) is 11.3 Å². The second kappa shape index (κ2) is 8.62. The number of carbonyl (C=O) groups is 3. The van der Waals surface area contributed by atoms with Crippen LogP contribution >= 0.6 is 33.9 Å². The summed E-state index contributed by atoms with van der Waals surface area (Å²) in [5, 5.41) is 9.29. The smallest absolute Gasteiger partial charge is 0.348 e. The second-order valence-electron chi connectivity index (χ2n) is 5.48. The van der Waals surface area contributed by atoms with Crippen LogP contribution in [0.25, 0.3) is 0 Å². The van der Waals surface area contributed by atoms with Gasteiger partial charge in [-0.3, -0.25) is 9.89 Å². The van der Waals surface area contributed by atoms with E-state index in [-0.39, 0.29) is 33.8 Å². The fourth-order valence-electron chi connectivity index (χ4n) is 2.11. The van der Waals surface area contributed by atoms with Crippen LogP contribution in [0.15, 0.2) is 6.20 Å². The molecule has 10 heteroatoms. The van der Waals surface area contributed by atoms with Gasteiger partial charge in [-0.25, -0.2) is 9.59 Å². The van der Waals surface area contributed by atoms with Crippen molar-refractivity contribution in [2.45, 2.75) is 33.8 Å². The summed E-state index contributed by atoms with van der Waals surface area (Å²) in [6, 6.07) is 0. The van der Waals surface area contributed by atoms with E-state index in [0.29, 0.717) is 9.13 Å². The molecule has 0 atom stereocenters. The van der Waals surface area contributed by atoms with Gasteiger partial charge in [0.2, 0.25) is 0 Å². The number of hydrogen-bond acceptors (Lipinski definition) is 7. The van der Waals surface area contributed by atoms with Gasteiger partial charge in [0.1, 0.15) is 15.6 Å². The number of ether oxygens (including phenoxy) is 2. The maximum atomic E-state index is 12.5. The van der Waals surface area contributed by atoms with Crippen LogP contribution in [0.4, 0.5) is 5.00 Å². The standard InChI is InChI=1S/C16H18IN3O5S/c1-5-24-16(23)12-8(4)10(15(22)25-7(2)3)14(26-12)19-13(21)11-9(17)6-18-20-11/h6-7H,5H2,1-4H3,(H,18,20)(H,19,21). The lowest BCUT2D eigenvalue weighted by Gasteiger charge is -2.10. The van der Waals surface area contributed by atoms with E-state index in [0.717, 1.165) is 11.3 Å². The average molecular weight is 491 g/mol. The topological polar surface area (TPSA) is 110 Å². The highest BCUT2D eigenvalue weighted by molar-refractivity contribution is 14.1. The Morgan fingerprint density at radius 2 is 2.04 bits per heavy atom. The number of carbonyl (C=O) groups excluding carboxylic acids is 3. The van der Waals surface area contributed by atoms with E-state index in [9.17, 15) is 14.4 Å². The lowest BCUT2D eigenvalue weighted by Crippen LogP contribution is -2.17. The van der Waals surface area contributed by atoms with Gasteiger partial charge in [0.15, 0.2) is 0 Å². The Balaban J connectivity index is 2.43. The van der Waals surface area contributed by atoms with Gasteiger partial charge >= 0.3 is 11.9 Å². The third-order valence-corrected chi connectivity index (χ3v) is 5.21. The van der Waals surface area contributed by atoms with Gasteiger partial charge in [0.25, 0.3) is 5.91 Å². The summed E-state index contributed by atoms with van der Waals surface area (Å²) in [5.41, 5.74) is 0.820. The summed E-state index contributed by atoms with van der Waals surface area (Å²) >= 11 is 2.95. The summed E-state index contributed by atoms with van der Waals surface area (Å²) < 4.78 is 10.9. The van der Waals surface area contributed by atoms with Crippen molar-refractivity contribution in [2.75, 3.05) is 11.9 Å². The van der Waals surface area contributed by atoms with Gasteiger partial charge in [-0.05, 0) is 55.8 Å². The molecule has 0 spiro atoms.